The van der Waals surface area contributed by atoms with Gasteiger partial charge < -0.3 is 21.3 Å². The van der Waals surface area contributed by atoms with Gasteiger partial charge in [-0.05, 0) is 36.8 Å². The molecular weight excluding hydrogens is 372 g/mol. The highest BCUT2D eigenvalue weighted by Gasteiger charge is 2.42. The molecule has 1 aliphatic rings. The Morgan fingerprint density at radius 1 is 1.17 bits per heavy atom. The van der Waals surface area contributed by atoms with Crippen molar-refractivity contribution in [3.8, 4) is 0 Å². The lowest BCUT2D eigenvalue weighted by Crippen LogP contribution is -2.55. The van der Waals surface area contributed by atoms with E-state index in [4.69, 9.17) is 5.73 Å². The van der Waals surface area contributed by atoms with Crippen molar-refractivity contribution >= 4 is 23.5 Å². The summed E-state index contributed by atoms with van der Waals surface area (Å²) < 4.78 is 0. The normalized spacial score (nSPS) is 15.9. The number of nitrogens with one attached hydrogen (secondary N) is 2. The molecule has 1 aliphatic heterocycles. The quantitative estimate of drug-likeness (QED) is 0.690. The highest BCUT2D eigenvalue weighted by Crippen LogP contribution is 2.20. The molecule has 1 saturated heterocycles. The van der Waals surface area contributed by atoms with Crippen molar-refractivity contribution in [2.24, 2.45) is 5.73 Å². The van der Waals surface area contributed by atoms with Gasteiger partial charge in [0.25, 0.3) is 11.8 Å². The van der Waals surface area contributed by atoms with Crippen LogP contribution in [-0.2, 0) is 4.79 Å². The predicted octanol–water partition coefficient (Wildman–Crippen LogP) is 0.781. The SMILES string of the molecule is Cc1cccc(NC(=O)N2CCN(C(=O)c3cccnc3)C2C(=O)NCCN)c1. The van der Waals surface area contributed by atoms with E-state index in [1.54, 1.807) is 24.4 Å². The van der Waals surface area contributed by atoms with Gasteiger partial charge in [-0.3, -0.25) is 19.5 Å². The minimum absolute atomic E-state index is 0.227. The van der Waals surface area contributed by atoms with Crippen LogP contribution in [0.1, 0.15) is 15.9 Å². The van der Waals surface area contributed by atoms with Crippen molar-refractivity contribution < 1.29 is 14.4 Å². The topological polar surface area (TPSA) is 121 Å². The average Bonchev–Trinajstić information content (AvgIpc) is 3.17. The third-order valence-electron chi connectivity index (χ3n) is 4.55. The summed E-state index contributed by atoms with van der Waals surface area (Å²) in [6, 6.07) is 10.2. The molecule has 4 N–H and O–H groups in total. The fraction of sp³-hybridized carbons (Fsp3) is 0.300. The lowest BCUT2D eigenvalue weighted by molar-refractivity contribution is -0.127. The van der Waals surface area contributed by atoms with E-state index < -0.39 is 18.1 Å². The van der Waals surface area contributed by atoms with Crippen LogP contribution in [-0.4, -0.2) is 65.0 Å². The molecule has 2 heterocycles. The van der Waals surface area contributed by atoms with Crippen LogP contribution in [0.15, 0.2) is 48.8 Å². The zero-order valence-electron chi connectivity index (χ0n) is 16.2. The minimum atomic E-state index is -1.07. The van der Waals surface area contributed by atoms with Crippen LogP contribution in [0, 0.1) is 6.92 Å². The Bertz CT molecular complexity index is 889. The Balaban J connectivity index is 1.82. The number of urea groups is 1. The molecule has 1 aromatic heterocycles. The first-order valence-electron chi connectivity index (χ1n) is 9.34. The molecule has 0 radical (unpaired) electrons. The van der Waals surface area contributed by atoms with Crippen LogP contribution in [0.2, 0.25) is 0 Å². The maximum atomic E-state index is 12.9. The Hall–Kier alpha value is -3.46. The third-order valence-corrected chi connectivity index (χ3v) is 4.55. The summed E-state index contributed by atoms with van der Waals surface area (Å²) in [6.45, 7) is 2.88. The molecule has 0 aliphatic carbocycles. The number of carbonyl (C=O) groups excluding carboxylic acids is 3. The van der Waals surface area contributed by atoms with E-state index in [2.05, 4.69) is 15.6 Å². The number of aryl methyl sites for hydroxylation is 1. The fourth-order valence-corrected chi connectivity index (χ4v) is 3.20. The van der Waals surface area contributed by atoms with Crippen LogP contribution in [0.5, 0.6) is 0 Å². The van der Waals surface area contributed by atoms with E-state index in [9.17, 15) is 14.4 Å². The van der Waals surface area contributed by atoms with Crippen molar-refractivity contribution in [2.75, 3.05) is 31.5 Å². The van der Waals surface area contributed by atoms with Gasteiger partial charge in [-0.1, -0.05) is 12.1 Å². The van der Waals surface area contributed by atoms with E-state index in [1.807, 2.05) is 25.1 Å². The van der Waals surface area contributed by atoms with Crippen LogP contribution in [0.3, 0.4) is 0 Å². The summed E-state index contributed by atoms with van der Waals surface area (Å²) in [6.07, 6.45) is 1.93. The number of hydrogen-bond acceptors (Lipinski definition) is 5. The lowest BCUT2D eigenvalue weighted by atomic mass is 10.2. The minimum Gasteiger partial charge on any atom is -0.351 e. The van der Waals surface area contributed by atoms with E-state index in [1.165, 1.54) is 16.0 Å². The Labute approximate surface area is 168 Å². The predicted molar refractivity (Wildman–Crippen MR) is 108 cm³/mol. The van der Waals surface area contributed by atoms with Gasteiger partial charge in [0.15, 0.2) is 6.17 Å². The second-order valence-corrected chi connectivity index (χ2v) is 6.69. The molecule has 3 rings (SSSR count). The highest BCUT2D eigenvalue weighted by atomic mass is 16.2. The Kier molecular flexibility index (Phi) is 6.40. The van der Waals surface area contributed by atoms with Gasteiger partial charge in [0.2, 0.25) is 0 Å². The van der Waals surface area contributed by atoms with Gasteiger partial charge in [-0.2, -0.15) is 0 Å². The second-order valence-electron chi connectivity index (χ2n) is 6.69. The molecule has 1 atom stereocenters. The molecule has 1 aromatic carbocycles. The molecular formula is C20H24N6O3. The maximum Gasteiger partial charge on any atom is 0.323 e. The largest absolute Gasteiger partial charge is 0.351 e. The molecule has 0 spiro atoms. The Morgan fingerprint density at radius 2 is 1.97 bits per heavy atom. The second kappa shape index (κ2) is 9.16. The van der Waals surface area contributed by atoms with Gasteiger partial charge in [-0.15, -0.1) is 0 Å². The summed E-state index contributed by atoms with van der Waals surface area (Å²) in [5, 5.41) is 5.47. The lowest BCUT2D eigenvalue weighted by Gasteiger charge is -2.29. The number of carbonyl (C=O) groups is 3. The van der Waals surface area contributed by atoms with Gasteiger partial charge in [0.1, 0.15) is 0 Å². The standard InChI is InChI=1S/C20H24N6O3/c1-14-4-2-6-16(12-14)24-20(29)26-11-10-25(18(26)17(27)23-9-7-21)19(28)15-5-3-8-22-13-15/h2-6,8,12-13,18H,7,9-11,21H2,1H3,(H,23,27)(H,24,29). The van der Waals surface area contributed by atoms with Crippen LogP contribution >= 0.6 is 0 Å². The summed E-state index contributed by atoms with van der Waals surface area (Å²) in [5.74, 6) is -0.818. The third kappa shape index (κ3) is 4.69. The smallest absolute Gasteiger partial charge is 0.323 e. The molecule has 1 fully saturated rings. The molecule has 152 valence electrons. The number of nitrogens with two attached hydrogens (primary N) is 1. The van der Waals surface area contributed by atoms with Gasteiger partial charge in [0.05, 0.1) is 5.56 Å². The number of amides is 4. The number of pyridine rings is 1. The molecule has 2 aromatic rings. The zero-order chi connectivity index (χ0) is 20.8. The number of aromatic nitrogens is 1. The summed E-state index contributed by atoms with van der Waals surface area (Å²) in [4.78, 5) is 45.3. The molecule has 0 saturated carbocycles. The highest BCUT2D eigenvalue weighted by molar-refractivity contribution is 6.00. The van der Waals surface area contributed by atoms with E-state index in [0.717, 1.165) is 5.56 Å². The summed E-state index contributed by atoms with van der Waals surface area (Å²) >= 11 is 0. The van der Waals surface area contributed by atoms with Crippen LogP contribution < -0.4 is 16.4 Å². The first-order valence-corrected chi connectivity index (χ1v) is 9.34. The summed E-state index contributed by atoms with van der Waals surface area (Å²) in [5.41, 5.74) is 7.44. The fourth-order valence-electron chi connectivity index (χ4n) is 3.20. The number of rotatable bonds is 5. The molecule has 1 unspecified atom stereocenters. The molecule has 9 nitrogen and oxygen atoms in total. The van der Waals surface area contributed by atoms with Crippen LogP contribution in [0.4, 0.5) is 10.5 Å². The van der Waals surface area contributed by atoms with Crippen molar-refractivity contribution in [3.05, 3.63) is 59.9 Å². The number of anilines is 1. The number of hydrogen-bond donors (Lipinski definition) is 3. The monoisotopic (exact) mass is 396 g/mol. The molecule has 4 amide bonds. The van der Waals surface area contributed by atoms with E-state index in [-0.39, 0.29) is 32.1 Å². The van der Waals surface area contributed by atoms with Crippen molar-refractivity contribution in [2.45, 2.75) is 13.1 Å². The van der Waals surface area contributed by atoms with Gasteiger partial charge in [-0.25, -0.2) is 4.79 Å². The molecule has 0 bridgehead atoms. The van der Waals surface area contributed by atoms with Crippen LogP contribution in [0.25, 0.3) is 0 Å². The van der Waals surface area contributed by atoms with E-state index >= 15 is 0 Å². The van der Waals surface area contributed by atoms with E-state index in [0.29, 0.717) is 11.3 Å². The summed E-state index contributed by atoms with van der Waals surface area (Å²) in [7, 11) is 0. The number of benzene rings is 1. The first-order chi connectivity index (χ1) is 14.0. The van der Waals surface area contributed by atoms with Gasteiger partial charge in [0, 0.05) is 44.3 Å². The van der Waals surface area contributed by atoms with Crippen molar-refractivity contribution in [1.29, 1.82) is 0 Å². The Morgan fingerprint density at radius 3 is 2.66 bits per heavy atom. The zero-order valence-corrected chi connectivity index (χ0v) is 16.2. The average molecular weight is 396 g/mol. The number of nitrogens with zero attached hydrogens (tertiary/aromatic N) is 3. The first kappa shape index (κ1) is 20.3. The maximum absolute atomic E-state index is 12.9. The van der Waals surface area contributed by atoms with Gasteiger partial charge >= 0.3 is 6.03 Å². The van der Waals surface area contributed by atoms with Crippen molar-refractivity contribution in [3.63, 3.8) is 0 Å². The molecule has 29 heavy (non-hydrogen) atoms. The molecule has 9 heteroatoms. The van der Waals surface area contributed by atoms with Crippen molar-refractivity contribution in [1.82, 2.24) is 20.1 Å².